The fraction of sp³-hybridized carbons (Fsp3) is 0.562. The van der Waals surface area contributed by atoms with Crippen LogP contribution in [0.1, 0.15) is 24.0 Å². The first kappa shape index (κ1) is 16.0. The van der Waals surface area contributed by atoms with Crippen LogP contribution in [0.2, 0.25) is 0 Å². The Balaban J connectivity index is 1.70. The third-order valence-corrected chi connectivity index (χ3v) is 3.92. The zero-order chi connectivity index (χ0) is 15.1. The third kappa shape index (κ3) is 5.17. The van der Waals surface area contributed by atoms with Crippen molar-refractivity contribution in [1.29, 1.82) is 0 Å². The van der Waals surface area contributed by atoms with E-state index in [0.717, 1.165) is 44.7 Å². The minimum atomic E-state index is 0.307. The first-order valence-electron chi connectivity index (χ1n) is 7.46. The van der Waals surface area contributed by atoms with Gasteiger partial charge in [0, 0.05) is 19.7 Å². The summed E-state index contributed by atoms with van der Waals surface area (Å²) in [5.74, 6) is 0.931. The zero-order valence-electron chi connectivity index (χ0n) is 12.8. The average Bonchev–Trinajstić information content (AvgIpc) is 2.99. The van der Waals surface area contributed by atoms with Crippen LogP contribution in [0.3, 0.4) is 0 Å². The molecule has 2 rings (SSSR count). The van der Waals surface area contributed by atoms with Crippen LogP contribution in [0.25, 0.3) is 0 Å². The van der Waals surface area contributed by atoms with E-state index in [1.165, 1.54) is 11.1 Å². The van der Waals surface area contributed by atoms with Gasteiger partial charge in [0.1, 0.15) is 5.75 Å². The molecule has 21 heavy (non-hydrogen) atoms. The van der Waals surface area contributed by atoms with Crippen LogP contribution in [0.5, 0.6) is 5.75 Å². The summed E-state index contributed by atoms with van der Waals surface area (Å²) in [6.07, 6.45) is 3.46. The average molecular weight is 308 g/mol. The van der Waals surface area contributed by atoms with Crippen molar-refractivity contribution in [3.8, 4) is 5.75 Å². The molecule has 0 radical (unpaired) electrons. The van der Waals surface area contributed by atoms with Crippen molar-refractivity contribution in [2.24, 2.45) is 0 Å². The highest BCUT2D eigenvalue weighted by Crippen LogP contribution is 2.19. The SMILES string of the molecule is COc1ccc(C)cc1CCNC(=S)NC[C@H]1CCCO1. The maximum Gasteiger partial charge on any atom is 0.166 e. The van der Waals surface area contributed by atoms with Gasteiger partial charge in [-0.1, -0.05) is 17.7 Å². The molecule has 1 aliphatic rings. The van der Waals surface area contributed by atoms with Crippen molar-refractivity contribution < 1.29 is 9.47 Å². The second-order valence-electron chi connectivity index (χ2n) is 5.34. The molecule has 4 nitrogen and oxygen atoms in total. The number of thiocarbonyl (C=S) groups is 1. The predicted octanol–water partition coefficient (Wildman–Crippen LogP) is 2.19. The molecule has 116 valence electrons. The maximum atomic E-state index is 5.55. The van der Waals surface area contributed by atoms with E-state index in [4.69, 9.17) is 21.7 Å². The Hall–Kier alpha value is -1.33. The van der Waals surface area contributed by atoms with Crippen molar-refractivity contribution in [2.45, 2.75) is 32.3 Å². The molecular weight excluding hydrogens is 284 g/mol. The van der Waals surface area contributed by atoms with Crippen molar-refractivity contribution in [2.75, 3.05) is 26.8 Å². The van der Waals surface area contributed by atoms with Crippen molar-refractivity contribution in [1.82, 2.24) is 10.6 Å². The van der Waals surface area contributed by atoms with Gasteiger partial charge in [-0.2, -0.15) is 0 Å². The summed E-state index contributed by atoms with van der Waals surface area (Å²) in [4.78, 5) is 0. The summed E-state index contributed by atoms with van der Waals surface area (Å²) in [6.45, 7) is 4.54. The Kier molecular flexibility index (Phi) is 6.26. The van der Waals surface area contributed by atoms with Crippen LogP contribution < -0.4 is 15.4 Å². The Morgan fingerprint density at radius 3 is 3.00 bits per heavy atom. The highest BCUT2D eigenvalue weighted by Gasteiger charge is 2.15. The second kappa shape index (κ2) is 8.20. The first-order chi connectivity index (χ1) is 10.2. The van der Waals surface area contributed by atoms with E-state index in [1.54, 1.807) is 7.11 Å². The van der Waals surface area contributed by atoms with Crippen LogP contribution in [0.4, 0.5) is 0 Å². The number of rotatable bonds is 6. The van der Waals surface area contributed by atoms with Gasteiger partial charge in [-0.3, -0.25) is 0 Å². The molecular formula is C16H24N2O2S. The molecule has 1 aromatic rings. The molecule has 0 aliphatic carbocycles. The number of aryl methyl sites for hydroxylation is 1. The van der Waals surface area contributed by atoms with E-state index in [-0.39, 0.29) is 0 Å². The van der Waals surface area contributed by atoms with Crippen molar-refractivity contribution in [3.63, 3.8) is 0 Å². The summed E-state index contributed by atoms with van der Waals surface area (Å²) >= 11 is 5.28. The lowest BCUT2D eigenvalue weighted by molar-refractivity contribution is 0.114. The van der Waals surface area contributed by atoms with E-state index in [9.17, 15) is 0 Å². The van der Waals surface area contributed by atoms with Gasteiger partial charge in [0.15, 0.2) is 5.11 Å². The number of nitrogens with one attached hydrogen (secondary N) is 2. The minimum absolute atomic E-state index is 0.307. The molecule has 2 N–H and O–H groups in total. The fourth-order valence-corrected chi connectivity index (χ4v) is 2.67. The number of methoxy groups -OCH3 is 1. The van der Waals surface area contributed by atoms with Crippen LogP contribution in [-0.2, 0) is 11.2 Å². The normalized spacial score (nSPS) is 17.5. The molecule has 0 amide bonds. The van der Waals surface area contributed by atoms with Gasteiger partial charge in [0.25, 0.3) is 0 Å². The quantitative estimate of drug-likeness (QED) is 0.789. The number of hydrogen-bond donors (Lipinski definition) is 2. The molecule has 1 aromatic carbocycles. The number of benzene rings is 1. The smallest absolute Gasteiger partial charge is 0.166 e. The van der Waals surface area contributed by atoms with Gasteiger partial charge in [-0.05, 0) is 50.0 Å². The number of hydrogen-bond acceptors (Lipinski definition) is 3. The molecule has 0 aromatic heterocycles. The molecule has 5 heteroatoms. The summed E-state index contributed by atoms with van der Waals surface area (Å²) in [6, 6.07) is 6.23. The van der Waals surface area contributed by atoms with E-state index in [1.807, 2.05) is 6.07 Å². The zero-order valence-corrected chi connectivity index (χ0v) is 13.6. The highest BCUT2D eigenvalue weighted by atomic mass is 32.1. The van der Waals surface area contributed by atoms with Gasteiger partial charge in [-0.15, -0.1) is 0 Å². The monoisotopic (exact) mass is 308 g/mol. The lowest BCUT2D eigenvalue weighted by atomic mass is 10.1. The lowest BCUT2D eigenvalue weighted by Crippen LogP contribution is -2.40. The summed E-state index contributed by atoms with van der Waals surface area (Å²) in [5, 5.41) is 7.14. The van der Waals surface area contributed by atoms with E-state index in [2.05, 4.69) is 29.7 Å². The van der Waals surface area contributed by atoms with E-state index >= 15 is 0 Å². The Labute approximate surface area is 132 Å². The third-order valence-electron chi connectivity index (χ3n) is 3.63. The number of ether oxygens (including phenoxy) is 2. The van der Waals surface area contributed by atoms with Gasteiger partial charge in [-0.25, -0.2) is 0 Å². The van der Waals surface area contributed by atoms with Crippen molar-refractivity contribution in [3.05, 3.63) is 29.3 Å². The second-order valence-corrected chi connectivity index (χ2v) is 5.75. The van der Waals surface area contributed by atoms with Crippen LogP contribution >= 0.6 is 12.2 Å². The van der Waals surface area contributed by atoms with Gasteiger partial charge in [0.2, 0.25) is 0 Å². The fourth-order valence-electron chi connectivity index (χ4n) is 2.49. The standard InChI is InChI=1S/C16H24N2O2S/c1-12-5-6-15(19-2)13(10-12)7-8-17-16(21)18-11-14-4-3-9-20-14/h5-6,10,14H,3-4,7-9,11H2,1-2H3,(H2,17,18,21)/t14-/m1/s1. The molecule has 1 fully saturated rings. The Morgan fingerprint density at radius 2 is 2.29 bits per heavy atom. The van der Waals surface area contributed by atoms with Gasteiger partial charge in [0.05, 0.1) is 13.2 Å². The van der Waals surface area contributed by atoms with Crippen LogP contribution in [0.15, 0.2) is 18.2 Å². The molecule has 1 saturated heterocycles. The van der Waals surface area contributed by atoms with Crippen molar-refractivity contribution >= 4 is 17.3 Å². The largest absolute Gasteiger partial charge is 0.496 e. The molecule has 0 spiro atoms. The van der Waals surface area contributed by atoms with Gasteiger partial charge >= 0.3 is 0 Å². The first-order valence-corrected chi connectivity index (χ1v) is 7.86. The Bertz CT molecular complexity index is 473. The molecule has 0 unspecified atom stereocenters. The summed E-state index contributed by atoms with van der Waals surface area (Å²) in [7, 11) is 1.70. The maximum absolute atomic E-state index is 5.55. The molecule has 1 atom stereocenters. The van der Waals surface area contributed by atoms with Crippen LogP contribution in [0, 0.1) is 6.92 Å². The predicted molar refractivity (Wildman–Crippen MR) is 89.0 cm³/mol. The Morgan fingerprint density at radius 1 is 1.43 bits per heavy atom. The highest BCUT2D eigenvalue weighted by molar-refractivity contribution is 7.80. The van der Waals surface area contributed by atoms with Gasteiger partial charge < -0.3 is 20.1 Å². The van der Waals surface area contributed by atoms with E-state index < -0.39 is 0 Å². The summed E-state index contributed by atoms with van der Waals surface area (Å²) in [5.41, 5.74) is 2.44. The lowest BCUT2D eigenvalue weighted by Gasteiger charge is -2.14. The molecule has 1 aliphatic heterocycles. The molecule has 0 saturated carbocycles. The van der Waals surface area contributed by atoms with Crippen LogP contribution in [-0.4, -0.2) is 38.0 Å². The minimum Gasteiger partial charge on any atom is -0.496 e. The molecule has 0 bridgehead atoms. The molecule has 1 heterocycles. The topological polar surface area (TPSA) is 42.5 Å². The summed E-state index contributed by atoms with van der Waals surface area (Å²) < 4.78 is 10.9. The van der Waals surface area contributed by atoms with E-state index in [0.29, 0.717) is 11.2 Å².